The maximum Gasteiger partial charge on any atom is 0.166 e. The second-order valence-electron chi connectivity index (χ2n) is 3.55. The maximum absolute atomic E-state index is 13.6. The first kappa shape index (κ1) is 10.6. The van der Waals surface area contributed by atoms with Crippen LogP contribution in [-0.2, 0) is 6.54 Å². The molecule has 0 spiro atoms. The van der Waals surface area contributed by atoms with Gasteiger partial charge in [-0.05, 0) is 32.0 Å². The van der Waals surface area contributed by atoms with Crippen molar-refractivity contribution in [2.75, 3.05) is 5.73 Å². The summed E-state index contributed by atoms with van der Waals surface area (Å²) in [4.78, 5) is 0. The molecule has 16 heavy (non-hydrogen) atoms. The summed E-state index contributed by atoms with van der Waals surface area (Å²) in [7, 11) is 0. The summed E-state index contributed by atoms with van der Waals surface area (Å²) >= 11 is 0. The molecule has 0 aliphatic rings. The number of nitrogen functional groups attached to an aromatic ring is 1. The lowest BCUT2D eigenvalue weighted by Gasteiger charge is -2.06. The van der Waals surface area contributed by atoms with Gasteiger partial charge in [0.25, 0.3) is 0 Å². The van der Waals surface area contributed by atoms with Crippen molar-refractivity contribution in [3.8, 4) is 11.4 Å². The summed E-state index contributed by atoms with van der Waals surface area (Å²) < 4.78 is 15.5. The lowest BCUT2D eigenvalue weighted by molar-refractivity contribution is 0.627. The molecule has 4 nitrogen and oxygen atoms in total. The fourth-order valence-corrected chi connectivity index (χ4v) is 1.67. The highest BCUT2D eigenvalue weighted by molar-refractivity contribution is 5.62. The Balaban J connectivity index is 2.62. The van der Waals surface area contributed by atoms with Crippen LogP contribution < -0.4 is 5.73 Å². The van der Waals surface area contributed by atoms with Gasteiger partial charge in [-0.15, -0.1) is 10.2 Å². The van der Waals surface area contributed by atoms with Crippen molar-refractivity contribution in [1.29, 1.82) is 0 Å². The first-order valence-corrected chi connectivity index (χ1v) is 5.08. The second kappa shape index (κ2) is 3.92. The van der Waals surface area contributed by atoms with Gasteiger partial charge in [0.2, 0.25) is 0 Å². The van der Waals surface area contributed by atoms with E-state index >= 15 is 0 Å². The Bertz CT molecular complexity index is 519. The van der Waals surface area contributed by atoms with Crippen LogP contribution in [0.5, 0.6) is 0 Å². The molecule has 0 radical (unpaired) electrons. The van der Waals surface area contributed by atoms with Gasteiger partial charge in [0.05, 0.1) is 5.56 Å². The molecule has 2 N–H and O–H groups in total. The van der Waals surface area contributed by atoms with Gasteiger partial charge in [-0.3, -0.25) is 0 Å². The molecule has 2 rings (SSSR count). The van der Waals surface area contributed by atoms with Gasteiger partial charge in [0.1, 0.15) is 11.6 Å². The zero-order chi connectivity index (χ0) is 11.7. The normalized spacial score (nSPS) is 10.7. The van der Waals surface area contributed by atoms with Crippen LogP contribution >= 0.6 is 0 Å². The van der Waals surface area contributed by atoms with Gasteiger partial charge >= 0.3 is 0 Å². The smallest absolute Gasteiger partial charge is 0.166 e. The third kappa shape index (κ3) is 1.64. The number of aryl methyl sites for hydroxylation is 1. The fraction of sp³-hybridized carbons (Fsp3) is 0.273. The standard InChI is InChI=1S/C11H13FN4/c1-3-16-7(2)14-15-11(16)9-6-8(13)4-5-10(9)12/h4-6H,3,13H2,1-2H3. The molecule has 2 aromatic rings. The van der Waals surface area contributed by atoms with E-state index in [1.165, 1.54) is 12.1 Å². The molecule has 1 aromatic heterocycles. The summed E-state index contributed by atoms with van der Waals surface area (Å²) in [5.41, 5.74) is 6.54. The van der Waals surface area contributed by atoms with Crippen LogP contribution in [0, 0.1) is 12.7 Å². The van der Waals surface area contributed by atoms with E-state index in [0.717, 1.165) is 5.82 Å². The summed E-state index contributed by atoms with van der Waals surface area (Å²) in [6, 6.07) is 4.44. The number of nitrogens with two attached hydrogens (primary N) is 1. The molecule has 0 fully saturated rings. The zero-order valence-electron chi connectivity index (χ0n) is 9.24. The first-order valence-electron chi connectivity index (χ1n) is 5.08. The average molecular weight is 220 g/mol. The molecule has 0 atom stereocenters. The number of anilines is 1. The highest BCUT2D eigenvalue weighted by Gasteiger charge is 2.13. The highest BCUT2D eigenvalue weighted by Crippen LogP contribution is 2.23. The lowest BCUT2D eigenvalue weighted by atomic mass is 10.1. The van der Waals surface area contributed by atoms with Gasteiger partial charge in [-0.25, -0.2) is 4.39 Å². The molecule has 0 bridgehead atoms. The number of halogens is 1. The monoisotopic (exact) mass is 220 g/mol. The van der Waals surface area contributed by atoms with Crippen molar-refractivity contribution in [1.82, 2.24) is 14.8 Å². The van der Waals surface area contributed by atoms with E-state index in [0.29, 0.717) is 23.6 Å². The number of benzene rings is 1. The highest BCUT2D eigenvalue weighted by atomic mass is 19.1. The fourth-order valence-electron chi connectivity index (χ4n) is 1.67. The van der Waals surface area contributed by atoms with E-state index in [4.69, 9.17) is 5.73 Å². The number of nitrogens with zero attached hydrogens (tertiary/aromatic N) is 3. The SMILES string of the molecule is CCn1c(C)nnc1-c1cc(N)ccc1F. The van der Waals surface area contributed by atoms with E-state index in [-0.39, 0.29) is 5.82 Å². The van der Waals surface area contributed by atoms with Crippen molar-refractivity contribution in [2.24, 2.45) is 0 Å². The molecular weight excluding hydrogens is 207 g/mol. The van der Waals surface area contributed by atoms with Crippen LogP contribution in [0.4, 0.5) is 10.1 Å². The van der Waals surface area contributed by atoms with Crippen molar-refractivity contribution in [3.63, 3.8) is 0 Å². The van der Waals surface area contributed by atoms with Crippen LogP contribution in [-0.4, -0.2) is 14.8 Å². The Hall–Kier alpha value is -1.91. The third-order valence-corrected chi connectivity index (χ3v) is 2.48. The van der Waals surface area contributed by atoms with Crippen molar-refractivity contribution in [2.45, 2.75) is 20.4 Å². The summed E-state index contributed by atoms with van der Waals surface area (Å²) in [6.07, 6.45) is 0. The minimum absolute atomic E-state index is 0.337. The van der Waals surface area contributed by atoms with Gasteiger partial charge in [-0.2, -0.15) is 0 Å². The number of hydrogen-bond donors (Lipinski definition) is 1. The van der Waals surface area contributed by atoms with Crippen molar-refractivity contribution >= 4 is 5.69 Å². The Kier molecular flexibility index (Phi) is 2.60. The zero-order valence-corrected chi connectivity index (χ0v) is 9.24. The van der Waals surface area contributed by atoms with Crippen molar-refractivity contribution in [3.05, 3.63) is 29.8 Å². The Morgan fingerprint density at radius 1 is 1.38 bits per heavy atom. The topological polar surface area (TPSA) is 56.7 Å². The van der Waals surface area contributed by atoms with Crippen LogP contribution in [0.25, 0.3) is 11.4 Å². The van der Waals surface area contributed by atoms with E-state index in [9.17, 15) is 4.39 Å². The van der Waals surface area contributed by atoms with Crippen LogP contribution in [0.1, 0.15) is 12.7 Å². The molecule has 0 aliphatic heterocycles. The molecule has 5 heteroatoms. The summed E-state index contributed by atoms with van der Waals surface area (Å²) in [5, 5.41) is 7.92. The molecule has 0 saturated carbocycles. The molecule has 0 saturated heterocycles. The predicted octanol–water partition coefficient (Wildman–Crippen LogP) is 1.99. The van der Waals surface area contributed by atoms with Gasteiger partial charge < -0.3 is 10.3 Å². The first-order chi connectivity index (χ1) is 7.63. The average Bonchev–Trinajstić information content (AvgIpc) is 2.63. The van der Waals surface area contributed by atoms with E-state index in [1.54, 1.807) is 6.07 Å². The van der Waals surface area contributed by atoms with E-state index in [1.807, 2.05) is 18.4 Å². The minimum Gasteiger partial charge on any atom is -0.399 e. The quantitative estimate of drug-likeness (QED) is 0.787. The summed E-state index contributed by atoms with van der Waals surface area (Å²) in [6.45, 7) is 4.50. The number of hydrogen-bond acceptors (Lipinski definition) is 3. The minimum atomic E-state index is -0.337. The molecule has 1 aromatic carbocycles. The molecule has 0 amide bonds. The van der Waals surface area contributed by atoms with E-state index < -0.39 is 0 Å². The van der Waals surface area contributed by atoms with Crippen LogP contribution in [0.2, 0.25) is 0 Å². The Morgan fingerprint density at radius 2 is 2.12 bits per heavy atom. The Labute approximate surface area is 92.9 Å². The molecule has 84 valence electrons. The largest absolute Gasteiger partial charge is 0.399 e. The van der Waals surface area contributed by atoms with Gasteiger partial charge in [0.15, 0.2) is 5.82 Å². The number of rotatable bonds is 2. The van der Waals surface area contributed by atoms with Crippen LogP contribution in [0.3, 0.4) is 0 Å². The summed E-state index contributed by atoms with van der Waals surface area (Å²) in [5.74, 6) is 0.945. The second-order valence-corrected chi connectivity index (χ2v) is 3.55. The number of aromatic nitrogens is 3. The lowest BCUT2D eigenvalue weighted by Crippen LogP contribution is -2.01. The van der Waals surface area contributed by atoms with Crippen LogP contribution in [0.15, 0.2) is 18.2 Å². The van der Waals surface area contributed by atoms with Gasteiger partial charge in [-0.1, -0.05) is 0 Å². The molecule has 0 aliphatic carbocycles. The molecule has 1 heterocycles. The van der Waals surface area contributed by atoms with Gasteiger partial charge in [0, 0.05) is 12.2 Å². The Morgan fingerprint density at radius 3 is 2.81 bits per heavy atom. The predicted molar refractivity (Wildman–Crippen MR) is 60.2 cm³/mol. The molecular formula is C11H13FN4. The molecule has 0 unspecified atom stereocenters. The van der Waals surface area contributed by atoms with Crippen molar-refractivity contribution < 1.29 is 4.39 Å². The maximum atomic E-state index is 13.6. The third-order valence-electron chi connectivity index (χ3n) is 2.48. The van der Waals surface area contributed by atoms with E-state index in [2.05, 4.69) is 10.2 Å².